The van der Waals surface area contributed by atoms with Crippen LogP contribution < -0.4 is 28.4 Å². The lowest BCUT2D eigenvalue weighted by Crippen LogP contribution is -2.42. The van der Waals surface area contributed by atoms with Crippen molar-refractivity contribution < 1.29 is 38.6 Å². The molecule has 0 saturated heterocycles. The van der Waals surface area contributed by atoms with E-state index in [0.29, 0.717) is 57.6 Å². The highest BCUT2D eigenvalue weighted by Crippen LogP contribution is 2.58. The van der Waals surface area contributed by atoms with Gasteiger partial charge in [-0.05, 0) is 37.0 Å². The van der Waals surface area contributed by atoms with E-state index >= 15 is 0 Å². The summed E-state index contributed by atoms with van der Waals surface area (Å²) < 4.78 is 33.9. The maximum absolute atomic E-state index is 11.3. The molecule has 0 spiro atoms. The molecule has 2 atom stereocenters. The van der Waals surface area contributed by atoms with Gasteiger partial charge in [-0.2, -0.15) is 0 Å². The van der Waals surface area contributed by atoms with Crippen LogP contribution in [0.15, 0.2) is 12.1 Å². The largest absolute Gasteiger partial charge is 0.493 e. The van der Waals surface area contributed by atoms with Crippen molar-refractivity contribution in [1.82, 2.24) is 0 Å². The molecule has 167 valence electrons. The number of aliphatic hydroxyl groups excluding tert-OH is 1. The first-order valence-corrected chi connectivity index (χ1v) is 9.91. The summed E-state index contributed by atoms with van der Waals surface area (Å²) in [6.07, 6.45) is 0.246. The maximum Gasteiger partial charge on any atom is 0.231 e. The standard InChI is InChI=1S/C23H27O8/c1-11-7-12-8-15-19(31-10-30-15)20(28-5)16(12)17-13(22(24)23(11,2)25)9-14(26-3)18(27-4)21(17)29-6/h8-9,11,24-25H,7,10H2,1-6H3. The van der Waals surface area contributed by atoms with E-state index < -0.39 is 5.60 Å². The molecule has 1 heterocycles. The molecule has 0 bridgehead atoms. The Morgan fingerprint density at radius 2 is 1.61 bits per heavy atom. The van der Waals surface area contributed by atoms with Gasteiger partial charge in [-0.3, -0.25) is 0 Å². The molecule has 8 heteroatoms. The van der Waals surface area contributed by atoms with Crippen molar-refractivity contribution in [3.05, 3.63) is 29.4 Å². The first-order valence-electron chi connectivity index (χ1n) is 9.91. The van der Waals surface area contributed by atoms with Gasteiger partial charge in [0.15, 0.2) is 29.1 Å². The summed E-state index contributed by atoms with van der Waals surface area (Å²) in [6.45, 7) is 3.55. The number of methoxy groups -OCH3 is 4. The van der Waals surface area contributed by atoms with Crippen molar-refractivity contribution in [3.8, 4) is 45.6 Å². The van der Waals surface area contributed by atoms with Crippen molar-refractivity contribution in [1.29, 1.82) is 0 Å². The molecule has 2 aromatic carbocycles. The van der Waals surface area contributed by atoms with Gasteiger partial charge >= 0.3 is 0 Å². The fraction of sp³-hybridized carbons (Fsp3) is 0.435. The summed E-state index contributed by atoms with van der Waals surface area (Å²) in [5.74, 6) is 2.22. The Kier molecular flexibility index (Phi) is 5.31. The molecule has 2 unspecified atom stereocenters. The second-order valence-corrected chi connectivity index (χ2v) is 7.85. The van der Waals surface area contributed by atoms with Crippen molar-refractivity contribution in [2.75, 3.05) is 35.2 Å². The van der Waals surface area contributed by atoms with Gasteiger partial charge in [-0.25, -0.2) is 0 Å². The van der Waals surface area contributed by atoms with E-state index in [1.54, 1.807) is 20.1 Å². The van der Waals surface area contributed by atoms with Crippen LogP contribution in [0, 0.1) is 12.0 Å². The average molecular weight is 431 g/mol. The van der Waals surface area contributed by atoms with Crippen LogP contribution in [0.5, 0.6) is 34.5 Å². The third-order valence-corrected chi connectivity index (χ3v) is 6.21. The van der Waals surface area contributed by atoms with Gasteiger partial charge in [-0.1, -0.05) is 6.92 Å². The van der Waals surface area contributed by atoms with Crippen molar-refractivity contribution >= 4 is 0 Å². The Morgan fingerprint density at radius 1 is 0.935 bits per heavy atom. The number of rotatable bonds is 4. The van der Waals surface area contributed by atoms with Crippen LogP contribution in [0.1, 0.15) is 25.0 Å². The van der Waals surface area contributed by atoms with Gasteiger partial charge in [0.1, 0.15) is 5.60 Å². The molecule has 1 aliphatic heterocycles. The lowest BCUT2D eigenvalue weighted by atomic mass is 9.73. The minimum absolute atomic E-state index is 0.0785. The fourth-order valence-corrected chi connectivity index (χ4v) is 4.32. The SMILES string of the molecule is COc1cc2c(c(OC)c1OC)-c1c(cc3c(c1OC)OCO3)CC(C)C(C)(O)[C]2O. The minimum atomic E-state index is -1.51. The third kappa shape index (κ3) is 3.04. The molecule has 4 rings (SSSR count). The highest BCUT2D eigenvalue weighted by Gasteiger charge is 2.45. The van der Waals surface area contributed by atoms with Crippen LogP contribution in [0.4, 0.5) is 0 Å². The van der Waals surface area contributed by atoms with E-state index in [-0.39, 0.29) is 18.8 Å². The van der Waals surface area contributed by atoms with Gasteiger partial charge in [0.05, 0.1) is 28.4 Å². The van der Waals surface area contributed by atoms with E-state index in [9.17, 15) is 10.2 Å². The van der Waals surface area contributed by atoms with E-state index in [0.717, 1.165) is 5.56 Å². The molecule has 2 aromatic rings. The zero-order valence-electron chi connectivity index (χ0n) is 18.5. The topological polar surface area (TPSA) is 95.8 Å². The molecular weight excluding hydrogens is 404 g/mol. The molecule has 2 aliphatic rings. The van der Waals surface area contributed by atoms with Crippen molar-refractivity contribution in [2.45, 2.75) is 25.9 Å². The van der Waals surface area contributed by atoms with Crippen LogP contribution in [0.2, 0.25) is 0 Å². The second-order valence-electron chi connectivity index (χ2n) is 7.85. The predicted octanol–water partition coefficient (Wildman–Crippen LogP) is 3.31. The predicted molar refractivity (Wildman–Crippen MR) is 112 cm³/mol. The highest BCUT2D eigenvalue weighted by atomic mass is 16.7. The Bertz CT molecular complexity index is 1010. The van der Waals surface area contributed by atoms with Gasteiger partial charge in [-0.15, -0.1) is 0 Å². The van der Waals surface area contributed by atoms with Gasteiger partial charge in [0.25, 0.3) is 0 Å². The molecule has 1 radical (unpaired) electrons. The summed E-state index contributed by atoms with van der Waals surface area (Å²) in [4.78, 5) is 0. The van der Waals surface area contributed by atoms with E-state index in [1.807, 2.05) is 13.0 Å². The number of ether oxygens (including phenoxy) is 6. The molecule has 0 aromatic heterocycles. The van der Waals surface area contributed by atoms with Gasteiger partial charge in [0.2, 0.25) is 18.3 Å². The number of benzene rings is 2. The molecule has 0 amide bonds. The summed E-state index contributed by atoms with van der Waals surface area (Å²) in [7, 11) is 6.06. The molecule has 1 aliphatic carbocycles. The van der Waals surface area contributed by atoms with Crippen LogP contribution in [0.3, 0.4) is 0 Å². The lowest BCUT2D eigenvalue weighted by Gasteiger charge is -2.38. The van der Waals surface area contributed by atoms with E-state index in [2.05, 4.69) is 0 Å². The smallest absolute Gasteiger partial charge is 0.231 e. The van der Waals surface area contributed by atoms with Gasteiger partial charge < -0.3 is 38.6 Å². The molecule has 8 nitrogen and oxygen atoms in total. The summed E-state index contributed by atoms with van der Waals surface area (Å²) in [5.41, 5.74) is 0.877. The first kappa shape index (κ1) is 21.4. The molecule has 0 fully saturated rings. The third-order valence-electron chi connectivity index (χ3n) is 6.21. The number of aliphatic hydroxyl groups is 2. The number of hydrogen-bond acceptors (Lipinski definition) is 8. The lowest BCUT2D eigenvalue weighted by molar-refractivity contribution is -0.0260. The molecule has 31 heavy (non-hydrogen) atoms. The Labute approximate surface area is 181 Å². The van der Waals surface area contributed by atoms with Crippen LogP contribution in [-0.2, 0) is 6.42 Å². The second kappa shape index (κ2) is 7.69. The van der Waals surface area contributed by atoms with Crippen LogP contribution in [-0.4, -0.2) is 51.0 Å². The zero-order valence-corrected chi connectivity index (χ0v) is 18.5. The van der Waals surface area contributed by atoms with E-state index in [1.165, 1.54) is 21.3 Å². The van der Waals surface area contributed by atoms with E-state index in [4.69, 9.17) is 28.4 Å². The summed E-state index contributed by atoms with van der Waals surface area (Å²) in [6, 6.07) is 3.52. The monoisotopic (exact) mass is 431 g/mol. The van der Waals surface area contributed by atoms with Crippen LogP contribution in [0.25, 0.3) is 11.1 Å². The Balaban J connectivity index is 2.19. The molecule has 0 saturated carbocycles. The van der Waals surface area contributed by atoms with Gasteiger partial charge in [0, 0.05) is 16.7 Å². The quantitative estimate of drug-likeness (QED) is 0.761. The zero-order chi connectivity index (χ0) is 22.5. The van der Waals surface area contributed by atoms with Crippen molar-refractivity contribution in [3.63, 3.8) is 0 Å². The highest BCUT2D eigenvalue weighted by molar-refractivity contribution is 5.90. The number of hydrogen-bond donors (Lipinski definition) is 2. The Hall–Kier alpha value is -2.84. The summed E-state index contributed by atoms with van der Waals surface area (Å²) in [5, 5.41) is 22.5. The summed E-state index contributed by atoms with van der Waals surface area (Å²) >= 11 is 0. The average Bonchev–Trinajstić information content (AvgIpc) is 3.23. The minimum Gasteiger partial charge on any atom is -0.493 e. The normalized spacial score (nSPS) is 22.1. The molecule has 2 N–H and O–H groups in total. The van der Waals surface area contributed by atoms with Crippen LogP contribution >= 0.6 is 0 Å². The molecular formula is C23H27O8. The fourth-order valence-electron chi connectivity index (χ4n) is 4.32. The van der Waals surface area contributed by atoms with Crippen molar-refractivity contribution in [2.24, 2.45) is 5.92 Å². The number of fused-ring (bicyclic) bond motifs is 4. The Morgan fingerprint density at radius 3 is 2.23 bits per heavy atom. The first-order chi connectivity index (χ1) is 14.8. The maximum atomic E-state index is 11.3.